The molecule has 1 heterocycles. The summed E-state index contributed by atoms with van der Waals surface area (Å²) >= 11 is 3.25. The number of nitrogens with two attached hydrogens (primary N) is 1. The summed E-state index contributed by atoms with van der Waals surface area (Å²) in [7, 11) is 0.162. The Balaban J connectivity index is 3.18. The summed E-state index contributed by atoms with van der Waals surface area (Å²) < 4.78 is 27.7. The Kier molecular flexibility index (Phi) is 7.01. The smallest absolute Gasteiger partial charge is 0.246 e. The first kappa shape index (κ1) is 18.3. The highest BCUT2D eigenvalue weighted by Gasteiger charge is 2.27. The van der Waals surface area contributed by atoms with Crippen LogP contribution in [-0.4, -0.2) is 56.3 Å². The monoisotopic (exact) mass is 379 g/mol. The number of nitrogen functional groups attached to an aromatic ring is 1. The van der Waals surface area contributed by atoms with Crippen LogP contribution in [0.3, 0.4) is 0 Å². The van der Waals surface area contributed by atoms with Gasteiger partial charge in [-0.1, -0.05) is 6.92 Å². The second-order valence-corrected chi connectivity index (χ2v) is 7.67. The fourth-order valence-corrected chi connectivity index (χ4v) is 3.92. The van der Waals surface area contributed by atoms with Gasteiger partial charge in [-0.05, 0) is 42.5 Å². The largest absolute Gasteiger partial charge is 0.308 e. The lowest BCUT2D eigenvalue weighted by atomic mass is 10.4. The van der Waals surface area contributed by atoms with Crippen LogP contribution in [0.25, 0.3) is 0 Å². The molecule has 21 heavy (non-hydrogen) atoms. The van der Waals surface area contributed by atoms with Gasteiger partial charge in [0, 0.05) is 30.3 Å². The van der Waals surface area contributed by atoms with Gasteiger partial charge in [-0.2, -0.15) is 4.31 Å². The average molecular weight is 380 g/mol. The minimum absolute atomic E-state index is 0.0755. The van der Waals surface area contributed by atoms with Crippen LogP contribution in [0, 0.1) is 0 Å². The van der Waals surface area contributed by atoms with E-state index in [2.05, 4.69) is 26.3 Å². The molecule has 0 saturated heterocycles. The number of hydrogen-bond donors (Lipinski definition) is 2. The van der Waals surface area contributed by atoms with E-state index in [1.165, 1.54) is 16.6 Å². The van der Waals surface area contributed by atoms with Crippen molar-refractivity contribution in [2.24, 2.45) is 5.84 Å². The van der Waals surface area contributed by atoms with Gasteiger partial charge in [-0.3, -0.25) is 0 Å². The Labute approximate surface area is 134 Å². The lowest BCUT2D eigenvalue weighted by Gasteiger charge is -2.24. The number of rotatable bonds is 8. The molecule has 0 aliphatic heterocycles. The molecule has 9 heteroatoms. The molecular weight excluding hydrogens is 358 g/mol. The van der Waals surface area contributed by atoms with E-state index in [1.54, 1.807) is 0 Å². The van der Waals surface area contributed by atoms with Crippen molar-refractivity contribution in [3.05, 3.63) is 16.7 Å². The van der Waals surface area contributed by atoms with Crippen molar-refractivity contribution in [1.82, 2.24) is 14.2 Å². The minimum Gasteiger partial charge on any atom is -0.308 e. The Morgan fingerprint density at radius 1 is 1.33 bits per heavy atom. The van der Waals surface area contributed by atoms with E-state index in [9.17, 15) is 8.42 Å². The molecule has 0 aromatic carbocycles. The Hall–Kier alpha value is -0.740. The van der Waals surface area contributed by atoms with Gasteiger partial charge >= 0.3 is 0 Å². The molecule has 1 aromatic heterocycles. The van der Waals surface area contributed by atoms with Crippen molar-refractivity contribution >= 4 is 31.8 Å². The van der Waals surface area contributed by atoms with Crippen molar-refractivity contribution in [3.8, 4) is 0 Å². The summed E-state index contributed by atoms with van der Waals surface area (Å²) in [5, 5.41) is 0. The normalized spacial score (nSPS) is 12.1. The fourth-order valence-electron chi connectivity index (χ4n) is 1.78. The Morgan fingerprint density at radius 2 is 2.00 bits per heavy atom. The highest BCUT2D eigenvalue weighted by Crippen LogP contribution is 2.25. The zero-order chi connectivity index (χ0) is 16.0. The van der Waals surface area contributed by atoms with Gasteiger partial charge in [-0.15, -0.1) is 0 Å². The van der Waals surface area contributed by atoms with Crippen molar-refractivity contribution in [1.29, 1.82) is 0 Å². The number of hydrogen-bond acceptors (Lipinski definition) is 6. The van der Waals surface area contributed by atoms with E-state index in [-0.39, 0.29) is 10.7 Å². The highest BCUT2D eigenvalue weighted by molar-refractivity contribution is 9.10. The number of pyridine rings is 1. The van der Waals surface area contributed by atoms with Gasteiger partial charge in [0.15, 0.2) is 5.82 Å². The SMILES string of the molecule is CCCN(CCN(C)C)S(=O)(=O)c1cc(Br)cnc1NN. The predicted molar refractivity (Wildman–Crippen MR) is 87.4 cm³/mol. The average Bonchev–Trinajstić information content (AvgIpc) is 2.43. The van der Waals surface area contributed by atoms with Crippen LogP contribution in [-0.2, 0) is 10.0 Å². The molecule has 0 atom stereocenters. The third-order valence-electron chi connectivity index (χ3n) is 2.84. The molecule has 0 aliphatic rings. The Morgan fingerprint density at radius 3 is 2.52 bits per heavy atom. The lowest BCUT2D eigenvalue weighted by molar-refractivity contribution is 0.333. The topological polar surface area (TPSA) is 91.6 Å². The number of likely N-dealkylation sites (N-methyl/N-ethyl adjacent to an activating group) is 1. The van der Waals surface area contributed by atoms with Gasteiger partial charge in [0.2, 0.25) is 10.0 Å². The van der Waals surface area contributed by atoms with E-state index in [1.807, 2.05) is 25.9 Å². The van der Waals surface area contributed by atoms with E-state index < -0.39 is 10.0 Å². The second-order valence-electron chi connectivity index (χ2n) is 4.85. The van der Waals surface area contributed by atoms with Gasteiger partial charge in [0.05, 0.1) is 0 Å². The summed E-state index contributed by atoms with van der Waals surface area (Å²) in [6.07, 6.45) is 2.23. The zero-order valence-corrected chi connectivity index (χ0v) is 14.9. The molecule has 7 nitrogen and oxygen atoms in total. The van der Waals surface area contributed by atoms with Crippen LogP contribution < -0.4 is 11.3 Å². The van der Waals surface area contributed by atoms with Crippen molar-refractivity contribution < 1.29 is 8.42 Å². The first-order valence-corrected chi connectivity index (χ1v) is 8.83. The van der Waals surface area contributed by atoms with Crippen LogP contribution in [0.1, 0.15) is 13.3 Å². The lowest BCUT2D eigenvalue weighted by Crippen LogP contribution is -2.37. The van der Waals surface area contributed by atoms with Gasteiger partial charge in [0.1, 0.15) is 4.90 Å². The van der Waals surface area contributed by atoms with Gasteiger partial charge in [-0.25, -0.2) is 19.2 Å². The first-order chi connectivity index (χ1) is 9.82. The summed E-state index contributed by atoms with van der Waals surface area (Å²) in [4.78, 5) is 6.02. The molecular formula is C12H22BrN5O2S. The molecule has 0 spiro atoms. The van der Waals surface area contributed by atoms with E-state index >= 15 is 0 Å². The summed E-state index contributed by atoms with van der Waals surface area (Å²) in [6, 6.07) is 1.51. The Bertz CT molecular complexity index is 565. The summed E-state index contributed by atoms with van der Waals surface area (Å²) in [6.45, 7) is 3.46. The molecule has 0 fully saturated rings. The molecule has 1 aromatic rings. The van der Waals surface area contributed by atoms with Crippen LogP contribution in [0.4, 0.5) is 5.82 Å². The van der Waals surface area contributed by atoms with Gasteiger partial charge in [0.25, 0.3) is 0 Å². The number of sulfonamides is 1. The van der Waals surface area contributed by atoms with Crippen molar-refractivity contribution in [2.45, 2.75) is 18.2 Å². The van der Waals surface area contributed by atoms with Crippen LogP contribution in [0.15, 0.2) is 21.6 Å². The van der Waals surface area contributed by atoms with E-state index in [0.717, 1.165) is 6.42 Å². The molecule has 0 radical (unpaired) electrons. The van der Waals surface area contributed by atoms with Crippen LogP contribution in [0.2, 0.25) is 0 Å². The molecule has 0 amide bonds. The van der Waals surface area contributed by atoms with Crippen molar-refractivity contribution in [2.75, 3.05) is 39.2 Å². The number of aromatic nitrogens is 1. The number of nitrogens with one attached hydrogen (secondary N) is 1. The first-order valence-electron chi connectivity index (χ1n) is 6.60. The molecule has 0 bridgehead atoms. The third kappa shape index (κ3) is 4.89. The van der Waals surface area contributed by atoms with Crippen LogP contribution >= 0.6 is 15.9 Å². The molecule has 120 valence electrons. The predicted octanol–water partition coefficient (Wildman–Crippen LogP) is 1.09. The number of hydrazine groups is 1. The highest BCUT2D eigenvalue weighted by atomic mass is 79.9. The fraction of sp³-hybridized carbons (Fsp3) is 0.583. The standard InChI is InChI=1S/C12H22BrN5O2S/c1-4-5-18(7-6-17(2)3)21(19,20)11-8-10(13)9-15-12(11)16-14/h8-9H,4-7,14H2,1-3H3,(H,15,16). The second kappa shape index (κ2) is 8.04. The maximum Gasteiger partial charge on any atom is 0.246 e. The molecule has 0 aliphatic carbocycles. The van der Waals surface area contributed by atoms with Gasteiger partial charge < -0.3 is 10.3 Å². The maximum absolute atomic E-state index is 12.8. The summed E-state index contributed by atoms with van der Waals surface area (Å²) in [5.41, 5.74) is 2.34. The quantitative estimate of drug-likeness (QED) is 0.518. The molecule has 0 saturated carbocycles. The van der Waals surface area contributed by atoms with Crippen LogP contribution in [0.5, 0.6) is 0 Å². The minimum atomic E-state index is -3.65. The molecule has 0 unspecified atom stereocenters. The number of halogens is 1. The third-order valence-corrected chi connectivity index (χ3v) is 5.19. The zero-order valence-electron chi connectivity index (χ0n) is 12.5. The number of anilines is 1. The van der Waals surface area contributed by atoms with Crippen molar-refractivity contribution in [3.63, 3.8) is 0 Å². The maximum atomic E-state index is 12.8. The molecule has 1 rings (SSSR count). The number of nitrogens with zero attached hydrogens (tertiary/aromatic N) is 3. The van der Waals surface area contributed by atoms with E-state index in [4.69, 9.17) is 5.84 Å². The van der Waals surface area contributed by atoms with E-state index in [0.29, 0.717) is 24.1 Å². The summed E-state index contributed by atoms with van der Waals surface area (Å²) in [5.74, 6) is 5.52. The molecule has 3 N–H and O–H groups in total.